The first-order chi connectivity index (χ1) is 9.38. The van der Waals surface area contributed by atoms with Crippen LogP contribution in [0.25, 0.3) is 0 Å². The van der Waals surface area contributed by atoms with Crippen molar-refractivity contribution in [1.82, 2.24) is 15.5 Å². The summed E-state index contributed by atoms with van der Waals surface area (Å²) in [6, 6.07) is 1.62. The third kappa shape index (κ3) is 3.08. The topological polar surface area (TPSA) is 68.0 Å². The minimum Gasteiger partial charge on any atom is -0.340 e. The van der Waals surface area contributed by atoms with E-state index in [4.69, 9.17) is 27.7 Å². The molecule has 1 aromatic heterocycles. The van der Waals surface area contributed by atoms with Crippen LogP contribution in [0.3, 0.4) is 0 Å². The number of nitrogens with zero attached hydrogens (tertiary/aromatic N) is 2. The molecule has 0 spiro atoms. The number of rotatable bonds is 3. The van der Waals surface area contributed by atoms with Crippen LogP contribution >= 0.6 is 23.2 Å². The van der Waals surface area contributed by atoms with Crippen LogP contribution in [0, 0.1) is 12.7 Å². The van der Waals surface area contributed by atoms with Crippen LogP contribution in [-0.4, -0.2) is 16.0 Å². The number of aromatic nitrogens is 2. The first-order valence-electron chi connectivity index (χ1n) is 5.64. The van der Waals surface area contributed by atoms with Gasteiger partial charge in [-0.05, 0) is 26.0 Å². The van der Waals surface area contributed by atoms with Gasteiger partial charge in [-0.1, -0.05) is 28.4 Å². The van der Waals surface area contributed by atoms with Gasteiger partial charge >= 0.3 is 0 Å². The molecule has 1 heterocycles. The van der Waals surface area contributed by atoms with E-state index in [2.05, 4.69) is 15.5 Å². The smallest absolute Gasteiger partial charge is 0.253 e. The van der Waals surface area contributed by atoms with Gasteiger partial charge in [-0.3, -0.25) is 4.79 Å². The number of nitrogens with one attached hydrogen (secondary N) is 1. The van der Waals surface area contributed by atoms with E-state index in [0.717, 1.165) is 6.07 Å². The van der Waals surface area contributed by atoms with Gasteiger partial charge in [-0.25, -0.2) is 4.39 Å². The Balaban J connectivity index is 2.18. The largest absolute Gasteiger partial charge is 0.340 e. The van der Waals surface area contributed by atoms with Gasteiger partial charge in [0.05, 0.1) is 15.6 Å². The van der Waals surface area contributed by atoms with Gasteiger partial charge in [0.15, 0.2) is 5.82 Å². The number of aryl methyl sites for hydroxylation is 1. The Morgan fingerprint density at radius 2 is 2.10 bits per heavy atom. The summed E-state index contributed by atoms with van der Waals surface area (Å²) < 4.78 is 18.3. The van der Waals surface area contributed by atoms with Crippen molar-refractivity contribution < 1.29 is 13.7 Å². The molecule has 1 atom stereocenters. The van der Waals surface area contributed by atoms with Gasteiger partial charge in [0.1, 0.15) is 11.9 Å². The molecular formula is C12H10Cl2FN3O2. The molecule has 0 aliphatic rings. The lowest BCUT2D eigenvalue weighted by Gasteiger charge is -2.11. The fourth-order valence-electron chi connectivity index (χ4n) is 1.52. The molecule has 0 unspecified atom stereocenters. The highest BCUT2D eigenvalue weighted by Crippen LogP contribution is 2.24. The third-order valence-corrected chi connectivity index (χ3v) is 3.12. The first kappa shape index (κ1) is 14.7. The number of carbonyl (C=O) groups is 1. The Hall–Kier alpha value is -1.66. The second-order valence-corrected chi connectivity index (χ2v) is 4.94. The van der Waals surface area contributed by atoms with Crippen molar-refractivity contribution in [2.45, 2.75) is 19.9 Å². The SMILES string of the molecule is Cc1noc([C@@H](C)NC(=O)c2cc(F)c(Cl)cc2Cl)n1. The highest BCUT2D eigenvalue weighted by molar-refractivity contribution is 6.36. The highest BCUT2D eigenvalue weighted by Gasteiger charge is 2.19. The fourth-order valence-corrected chi connectivity index (χ4v) is 1.99. The molecule has 2 aromatic rings. The predicted octanol–water partition coefficient (Wildman–Crippen LogP) is 3.31. The minimum atomic E-state index is -0.720. The third-order valence-electron chi connectivity index (χ3n) is 2.52. The lowest BCUT2D eigenvalue weighted by atomic mass is 10.2. The van der Waals surface area contributed by atoms with E-state index in [9.17, 15) is 9.18 Å². The molecule has 1 amide bonds. The van der Waals surface area contributed by atoms with Crippen LogP contribution in [0.15, 0.2) is 16.7 Å². The second kappa shape index (κ2) is 5.76. The summed E-state index contributed by atoms with van der Waals surface area (Å²) in [4.78, 5) is 16.0. The van der Waals surface area contributed by atoms with Crippen LogP contribution in [0.5, 0.6) is 0 Å². The lowest BCUT2D eigenvalue weighted by molar-refractivity contribution is 0.0932. The van der Waals surface area contributed by atoms with Crippen molar-refractivity contribution in [1.29, 1.82) is 0 Å². The quantitative estimate of drug-likeness (QED) is 0.882. The number of hydrogen-bond donors (Lipinski definition) is 1. The standard InChI is InChI=1S/C12H10Cl2FN3O2/c1-5(12-17-6(2)18-20-12)16-11(19)7-3-10(15)9(14)4-8(7)13/h3-5H,1-2H3,(H,16,19)/t5-/m1/s1. The maximum Gasteiger partial charge on any atom is 0.253 e. The van der Waals surface area contributed by atoms with Gasteiger partial charge in [0, 0.05) is 0 Å². The highest BCUT2D eigenvalue weighted by atomic mass is 35.5. The molecule has 1 N–H and O–H groups in total. The monoisotopic (exact) mass is 317 g/mol. The van der Waals surface area contributed by atoms with Gasteiger partial charge in [-0.2, -0.15) is 4.98 Å². The summed E-state index contributed by atoms with van der Waals surface area (Å²) in [6.45, 7) is 3.32. The molecule has 0 aliphatic carbocycles. The maximum atomic E-state index is 13.4. The first-order valence-corrected chi connectivity index (χ1v) is 6.39. The average molecular weight is 318 g/mol. The molecule has 0 bridgehead atoms. The lowest BCUT2D eigenvalue weighted by Crippen LogP contribution is -2.27. The molecule has 0 saturated carbocycles. The normalized spacial score (nSPS) is 12.2. The van der Waals surface area contributed by atoms with Gasteiger partial charge in [0.25, 0.3) is 5.91 Å². The zero-order valence-electron chi connectivity index (χ0n) is 10.6. The van der Waals surface area contributed by atoms with Crippen molar-refractivity contribution >= 4 is 29.1 Å². The van der Waals surface area contributed by atoms with Crippen molar-refractivity contribution in [2.24, 2.45) is 0 Å². The Kier molecular flexibility index (Phi) is 4.25. The van der Waals surface area contributed by atoms with Crippen molar-refractivity contribution in [2.75, 3.05) is 0 Å². The molecule has 0 radical (unpaired) electrons. The number of benzene rings is 1. The Morgan fingerprint density at radius 1 is 1.40 bits per heavy atom. The van der Waals surface area contributed by atoms with Crippen molar-refractivity contribution in [3.63, 3.8) is 0 Å². The molecule has 1 aromatic carbocycles. The molecule has 5 nitrogen and oxygen atoms in total. The van der Waals surface area contributed by atoms with Crippen LogP contribution in [0.2, 0.25) is 10.0 Å². The van der Waals surface area contributed by atoms with Crippen molar-refractivity contribution in [3.05, 3.63) is 45.3 Å². The Morgan fingerprint density at radius 3 is 2.70 bits per heavy atom. The molecule has 0 fully saturated rings. The molecule has 0 aliphatic heterocycles. The Bertz CT molecular complexity index is 660. The molecule has 0 saturated heterocycles. The maximum absolute atomic E-state index is 13.4. The summed E-state index contributed by atoms with van der Waals surface area (Å²) in [7, 11) is 0. The zero-order valence-corrected chi connectivity index (χ0v) is 12.1. The van der Waals surface area contributed by atoms with E-state index in [1.165, 1.54) is 6.07 Å². The van der Waals surface area contributed by atoms with E-state index < -0.39 is 17.8 Å². The van der Waals surface area contributed by atoms with Gasteiger partial charge in [-0.15, -0.1) is 0 Å². The molecule has 2 rings (SSSR count). The number of amides is 1. The average Bonchev–Trinajstić information content (AvgIpc) is 2.80. The van der Waals surface area contributed by atoms with E-state index in [0.29, 0.717) is 5.82 Å². The van der Waals surface area contributed by atoms with Crippen LogP contribution in [-0.2, 0) is 0 Å². The summed E-state index contributed by atoms with van der Waals surface area (Å²) in [6.07, 6.45) is 0. The van der Waals surface area contributed by atoms with Crippen LogP contribution in [0.1, 0.15) is 35.0 Å². The fraction of sp³-hybridized carbons (Fsp3) is 0.250. The molecule has 106 valence electrons. The molecular weight excluding hydrogens is 308 g/mol. The van der Waals surface area contributed by atoms with Gasteiger partial charge < -0.3 is 9.84 Å². The molecule has 8 heteroatoms. The van der Waals surface area contributed by atoms with E-state index >= 15 is 0 Å². The minimum absolute atomic E-state index is 0.0170. The number of halogens is 3. The number of hydrogen-bond acceptors (Lipinski definition) is 4. The van der Waals surface area contributed by atoms with E-state index in [-0.39, 0.29) is 21.5 Å². The van der Waals surface area contributed by atoms with Crippen LogP contribution < -0.4 is 5.32 Å². The molecule has 20 heavy (non-hydrogen) atoms. The summed E-state index contributed by atoms with van der Waals surface area (Å²) in [5, 5.41) is 6.12. The number of carbonyl (C=O) groups excluding carboxylic acids is 1. The Labute approximate surface area is 124 Å². The van der Waals surface area contributed by atoms with Gasteiger partial charge in [0.2, 0.25) is 5.89 Å². The summed E-state index contributed by atoms with van der Waals surface area (Å²) in [5.41, 5.74) is -0.0170. The van der Waals surface area contributed by atoms with E-state index in [1.807, 2.05) is 0 Å². The summed E-state index contributed by atoms with van der Waals surface area (Å²) in [5.74, 6) is -0.575. The van der Waals surface area contributed by atoms with E-state index in [1.54, 1.807) is 13.8 Å². The zero-order chi connectivity index (χ0) is 14.9. The summed E-state index contributed by atoms with van der Waals surface area (Å²) >= 11 is 11.4. The van der Waals surface area contributed by atoms with Crippen molar-refractivity contribution in [3.8, 4) is 0 Å². The second-order valence-electron chi connectivity index (χ2n) is 4.12. The predicted molar refractivity (Wildman–Crippen MR) is 71.3 cm³/mol. The van der Waals surface area contributed by atoms with Crippen LogP contribution in [0.4, 0.5) is 4.39 Å².